The van der Waals surface area contributed by atoms with Gasteiger partial charge in [-0.2, -0.15) is 0 Å². The van der Waals surface area contributed by atoms with E-state index in [1.807, 2.05) is 0 Å². The minimum atomic E-state index is 0.319. The number of rotatable bonds is 0. The van der Waals surface area contributed by atoms with E-state index in [0.29, 0.717) is 12.2 Å². The molecule has 0 atom stereocenters. The van der Waals surface area contributed by atoms with Gasteiger partial charge < -0.3 is 0 Å². The first-order chi connectivity index (χ1) is 9.74. The van der Waals surface area contributed by atoms with E-state index in [-0.39, 0.29) is 0 Å². The van der Waals surface area contributed by atoms with Crippen LogP contribution < -0.4 is 0 Å². The number of Topliss-reactive ketones (excluding diaryl/α,β-unsaturated/α-hetero) is 1. The van der Waals surface area contributed by atoms with Gasteiger partial charge in [-0.25, -0.2) is 0 Å². The van der Waals surface area contributed by atoms with Crippen molar-refractivity contribution in [2.75, 3.05) is 0 Å². The van der Waals surface area contributed by atoms with Gasteiger partial charge in [0, 0.05) is 21.8 Å². The number of thioether (sulfide) groups is 1. The Morgan fingerprint density at radius 2 is 1.95 bits per heavy atom. The molecule has 0 aromatic heterocycles. The highest BCUT2D eigenvalue weighted by Gasteiger charge is 2.27. The van der Waals surface area contributed by atoms with E-state index in [4.69, 9.17) is 0 Å². The molecule has 0 N–H and O–H groups in total. The molecule has 1 heterocycles. The number of benzene rings is 1. The average Bonchev–Trinajstić information content (AvgIpc) is 2.76. The summed E-state index contributed by atoms with van der Waals surface area (Å²) in [6.45, 7) is 2.18. The second-order valence-corrected chi connectivity index (χ2v) is 6.69. The Morgan fingerprint density at radius 3 is 2.85 bits per heavy atom. The second-order valence-electron chi connectivity index (χ2n) is 5.63. The van der Waals surface area contributed by atoms with Gasteiger partial charge >= 0.3 is 0 Å². The largest absolute Gasteiger partial charge is 0.294 e. The lowest BCUT2D eigenvalue weighted by Gasteiger charge is -2.15. The molecular weight excluding hydrogens is 264 g/mol. The summed E-state index contributed by atoms with van der Waals surface area (Å²) in [4.78, 5) is 14.7. The average molecular weight is 280 g/mol. The summed E-state index contributed by atoms with van der Waals surface area (Å²) in [5.74, 6) is 0.319. The minimum absolute atomic E-state index is 0.319. The van der Waals surface area contributed by atoms with Crippen molar-refractivity contribution in [2.45, 2.75) is 37.5 Å². The fourth-order valence-corrected chi connectivity index (χ4v) is 4.64. The number of allylic oxidation sites excluding steroid dienone is 4. The molecule has 2 heteroatoms. The number of carbonyl (C=O) groups excluding carboxylic acids is 1. The van der Waals surface area contributed by atoms with Gasteiger partial charge in [0.1, 0.15) is 0 Å². The zero-order valence-corrected chi connectivity index (χ0v) is 12.3. The molecule has 0 fully saturated rings. The molecule has 1 aromatic carbocycles. The fourth-order valence-electron chi connectivity index (χ4n) is 3.28. The number of fused-ring (bicyclic) bond motifs is 4. The summed E-state index contributed by atoms with van der Waals surface area (Å²) in [7, 11) is 0. The lowest BCUT2D eigenvalue weighted by molar-refractivity contribution is 0.0992. The van der Waals surface area contributed by atoms with E-state index in [1.54, 1.807) is 11.8 Å². The summed E-state index contributed by atoms with van der Waals surface area (Å²) in [6.07, 6.45) is 10.7. The highest BCUT2D eigenvalue weighted by atomic mass is 32.2. The molecule has 1 aromatic rings. The van der Waals surface area contributed by atoms with Gasteiger partial charge in [-0.15, -0.1) is 0 Å². The standard InChI is InChI=1S/C18H16OS/c1-11-10-13-7-6-12-8-9-15(19)17(12)18(13)20-16-5-3-2-4-14(11)16/h4-7,10H,2-3,8-9H2,1H3. The number of aryl methyl sites for hydroxylation is 1. The maximum absolute atomic E-state index is 12.2. The molecule has 0 radical (unpaired) electrons. The number of ketones is 1. The molecule has 0 spiro atoms. The Hall–Kier alpha value is -1.54. The third-order valence-electron chi connectivity index (χ3n) is 4.29. The van der Waals surface area contributed by atoms with Crippen LogP contribution in [0.25, 0.3) is 6.08 Å². The highest BCUT2D eigenvalue weighted by molar-refractivity contribution is 8.03. The van der Waals surface area contributed by atoms with Crippen LogP contribution in [-0.4, -0.2) is 5.78 Å². The van der Waals surface area contributed by atoms with Crippen LogP contribution in [0.2, 0.25) is 0 Å². The van der Waals surface area contributed by atoms with Crippen LogP contribution in [0, 0.1) is 0 Å². The van der Waals surface area contributed by atoms with Gasteiger partial charge in [0.15, 0.2) is 5.78 Å². The lowest BCUT2D eigenvalue weighted by Crippen LogP contribution is -1.97. The Morgan fingerprint density at radius 1 is 1.10 bits per heavy atom. The van der Waals surface area contributed by atoms with Crippen LogP contribution in [0.4, 0.5) is 0 Å². The Labute approximate surface area is 123 Å². The summed E-state index contributed by atoms with van der Waals surface area (Å²) >= 11 is 1.79. The highest BCUT2D eigenvalue weighted by Crippen LogP contribution is 2.46. The van der Waals surface area contributed by atoms with Crippen LogP contribution in [-0.2, 0) is 6.42 Å². The smallest absolute Gasteiger partial charge is 0.164 e. The van der Waals surface area contributed by atoms with E-state index < -0.39 is 0 Å². The molecular formula is C18H16OS. The van der Waals surface area contributed by atoms with Crippen molar-refractivity contribution in [1.29, 1.82) is 0 Å². The Kier molecular flexibility index (Phi) is 2.74. The van der Waals surface area contributed by atoms with Gasteiger partial charge in [0.25, 0.3) is 0 Å². The van der Waals surface area contributed by atoms with Gasteiger partial charge in [-0.05, 0) is 48.5 Å². The summed E-state index contributed by atoms with van der Waals surface area (Å²) in [5.41, 5.74) is 6.10. The van der Waals surface area contributed by atoms with Crippen molar-refractivity contribution >= 4 is 23.6 Å². The third-order valence-corrected chi connectivity index (χ3v) is 5.54. The van der Waals surface area contributed by atoms with E-state index in [0.717, 1.165) is 24.8 Å². The number of hydrogen-bond donors (Lipinski definition) is 0. The molecule has 1 nitrogen and oxygen atoms in total. The minimum Gasteiger partial charge on any atom is -0.294 e. The first-order valence-electron chi connectivity index (χ1n) is 7.20. The predicted octanol–water partition coefficient (Wildman–Crippen LogP) is 4.93. The number of carbonyl (C=O) groups is 1. The summed E-state index contributed by atoms with van der Waals surface area (Å²) in [5, 5.41) is 0. The molecule has 4 rings (SSSR count). The van der Waals surface area contributed by atoms with E-state index in [2.05, 4.69) is 37.3 Å². The van der Waals surface area contributed by atoms with Crippen molar-refractivity contribution in [1.82, 2.24) is 0 Å². The van der Waals surface area contributed by atoms with Crippen LogP contribution in [0.15, 0.2) is 45.2 Å². The van der Waals surface area contributed by atoms with Crippen LogP contribution in [0.5, 0.6) is 0 Å². The summed E-state index contributed by atoms with van der Waals surface area (Å²) in [6, 6.07) is 4.32. The first-order valence-corrected chi connectivity index (χ1v) is 8.02. The zero-order valence-electron chi connectivity index (χ0n) is 11.5. The maximum Gasteiger partial charge on any atom is 0.164 e. The van der Waals surface area contributed by atoms with Crippen molar-refractivity contribution in [3.05, 3.63) is 57.0 Å². The number of hydrogen-bond acceptors (Lipinski definition) is 2. The molecule has 0 saturated carbocycles. The molecule has 0 saturated heterocycles. The first kappa shape index (κ1) is 12.2. The second kappa shape index (κ2) is 4.49. The molecule has 20 heavy (non-hydrogen) atoms. The van der Waals surface area contributed by atoms with Gasteiger partial charge in [-0.3, -0.25) is 4.79 Å². The topological polar surface area (TPSA) is 17.1 Å². The Balaban J connectivity index is 1.96. The molecule has 2 aliphatic carbocycles. The summed E-state index contributed by atoms with van der Waals surface area (Å²) < 4.78 is 0. The van der Waals surface area contributed by atoms with Crippen LogP contribution in [0.1, 0.15) is 47.7 Å². The van der Waals surface area contributed by atoms with E-state index >= 15 is 0 Å². The van der Waals surface area contributed by atoms with Crippen LogP contribution >= 0.6 is 11.8 Å². The van der Waals surface area contributed by atoms with Gasteiger partial charge in [0.2, 0.25) is 0 Å². The monoisotopic (exact) mass is 280 g/mol. The predicted molar refractivity (Wildman–Crippen MR) is 84.0 cm³/mol. The third kappa shape index (κ3) is 1.75. The Bertz CT molecular complexity index is 719. The molecule has 3 aliphatic rings. The van der Waals surface area contributed by atoms with Crippen molar-refractivity contribution in [3.8, 4) is 0 Å². The van der Waals surface area contributed by atoms with Crippen molar-refractivity contribution < 1.29 is 4.79 Å². The van der Waals surface area contributed by atoms with E-state index in [1.165, 1.54) is 32.1 Å². The molecule has 0 amide bonds. The van der Waals surface area contributed by atoms with Gasteiger partial charge in [-0.1, -0.05) is 42.1 Å². The molecule has 0 bridgehead atoms. The maximum atomic E-state index is 12.2. The fraction of sp³-hybridized carbons (Fsp3) is 0.278. The SMILES string of the molecule is CC1=Cc2ccc3c(c2SC2=CCCC=C12)C(=O)CC3. The molecule has 100 valence electrons. The van der Waals surface area contributed by atoms with Crippen molar-refractivity contribution in [2.24, 2.45) is 0 Å². The van der Waals surface area contributed by atoms with Gasteiger partial charge in [0.05, 0.1) is 0 Å². The zero-order chi connectivity index (χ0) is 13.7. The van der Waals surface area contributed by atoms with Crippen molar-refractivity contribution in [3.63, 3.8) is 0 Å². The van der Waals surface area contributed by atoms with E-state index in [9.17, 15) is 4.79 Å². The van der Waals surface area contributed by atoms with Crippen LogP contribution in [0.3, 0.4) is 0 Å². The normalized spacial score (nSPS) is 20.2. The molecule has 0 unspecified atom stereocenters. The lowest BCUT2D eigenvalue weighted by atomic mass is 9.97. The quantitative estimate of drug-likeness (QED) is 0.670. The molecule has 1 aliphatic heterocycles.